The number of halogens is 7. The summed E-state index contributed by atoms with van der Waals surface area (Å²) >= 11 is 7.67. The molecule has 4 nitrogen and oxygen atoms in total. The van der Waals surface area contributed by atoms with Crippen LogP contribution >= 0.6 is 34.2 Å². The van der Waals surface area contributed by atoms with Gasteiger partial charge in [0.2, 0.25) is 0 Å². The Hall–Kier alpha value is -2.47. The van der Waals surface area contributed by atoms with Crippen molar-refractivity contribution < 1.29 is 31.5 Å². The van der Waals surface area contributed by atoms with Gasteiger partial charge in [0.05, 0.1) is 21.9 Å². The van der Waals surface area contributed by atoms with Gasteiger partial charge in [-0.15, -0.1) is 0 Å². The van der Waals surface area contributed by atoms with Gasteiger partial charge >= 0.3 is 6.18 Å². The van der Waals surface area contributed by atoms with E-state index in [9.17, 15) is 26.7 Å². The van der Waals surface area contributed by atoms with Crippen molar-refractivity contribution >= 4 is 40.1 Å². The van der Waals surface area contributed by atoms with E-state index in [1.165, 1.54) is 12.1 Å². The van der Waals surface area contributed by atoms with E-state index in [1.54, 1.807) is 48.6 Å². The van der Waals surface area contributed by atoms with Gasteiger partial charge in [0.1, 0.15) is 16.5 Å². The molecule has 0 aliphatic rings. The number of hydrogen-bond acceptors (Lipinski definition) is 3. The van der Waals surface area contributed by atoms with E-state index < -0.39 is 30.1 Å². The van der Waals surface area contributed by atoms with Gasteiger partial charge in [-0.25, -0.2) is 4.98 Å². The van der Waals surface area contributed by atoms with Crippen molar-refractivity contribution in [3.05, 3.63) is 85.2 Å². The molecular weight excluding hydrogens is 594 g/mol. The molecule has 1 amide bonds. The van der Waals surface area contributed by atoms with E-state index in [-0.39, 0.29) is 31.3 Å². The zero-order chi connectivity index (χ0) is 25.3. The lowest BCUT2D eigenvalue weighted by Crippen LogP contribution is -2.36. The van der Waals surface area contributed by atoms with Crippen LogP contribution in [0.25, 0.3) is 0 Å². The highest BCUT2D eigenvalue weighted by atomic mass is 127. The molecule has 0 saturated heterocycles. The van der Waals surface area contributed by atoms with E-state index in [1.807, 2.05) is 0 Å². The SMILES string of the molecule is Cc1ccc(C(F)(F)CNC(=O)c2c(Oc3cccc(C(F)(F)F)c3)cnc(Cl)c2I)c(C)c1. The van der Waals surface area contributed by atoms with Crippen molar-refractivity contribution in [2.24, 2.45) is 0 Å². The van der Waals surface area contributed by atoms with Crippen LogP contribution in [0.4, 0.5) is 22.0 Å². The molecule has 0 unspecified atom stereocenters. The molecule has 34 heavy (non-hydrogen) atoms. The molecule has 1 N–H and O–H groups in total. The zero-order valence-corrected chi connectivity index (χ0v) is 20.6. The second-order valence-corrected chi connectivity index (χ2v) is 8.87. The smallest absolute Gasteiger partial charge is 0.416 e. The minimum absolute atomic E-state index is 0.0936. The zero-order valence-electron chi connectivity index (χ0n) is 17.7. The second kappa shape index (κ2) is 10.0. The largest absolute Gasteiger partial charge is 0.455 e. The summed E-state index contributed by atoms with van der Waals surface area (Å²) in [6, 6.07) is 8.45. The standard InChI is InChI=1S/C23H17ClF5IN2O2/c1-12-6-7-16(13(2)8-12)22(25,26)11-32-21(33)18-17(10-31-20(24)19(18)30)34-15-5-3-4-14(9-15)23(27,28)29/h3-10H,11H2,1-2H3,(H,32,33). The Balaban J connectivity index is 1.88. The third kappa shape index (κ3) is 5.96. The fourth-order valence-corrected chi connectivity index (χ4v) is 3.99. The Bertz CT molecular complexity index is 1230. The summed E-state index contributed by atoms with van der Waals surface area (Å²) in [6.45, 7) is 2.30. The van der Waals surface area contributed by atoms with Crippen molar-refractivity contribution in [2.75, 3.05) is 6.54 Å². The molecule has 180 valence electrons. The Labute approximate surface area is 210 Å². The molecule has 0 fully saturated rings. The normalized spacial score (nSPS) is 11.9. The minimum Gasteiger partial charge on any atom is -0.455 e. The molecule has 0 saturated carbocycles. The number of aryl methyl sites for hydroxylation is 2. The van der Waals surface area contributed by atoms with Crippen LogP contribution in [0.3, 0.4) is 0 Å². The summed E-state index contributed by atoms with van der Waals surface area (Å²) in [5.41, 5.74) is -0.232. The van der Waals surface area contributed by atoms with Gasteiger partial charge in [-0.2, -0.15) is 22.0 Å². The summed E-state index contributed by atoms with van der Waals surface area (Å²) in [7, 11) is 0. The molecule has 3 aromatic rings. The lowest BCUT2D eigenvalue weighted by Gasteiger charge is -2.21. The number of nitrogens with one attached hydrogen (secondary N) is 1. The third-order valence-electron chi connectivity index (χ3n) is 4.81. The number of nitrogens with zero attached hydrogens (tertiary/aromatic N) is 1. The molecule has 0 radical (unpaired) electrons. The van der Waals surface area contributed by atoms with Crippen molar-refractivity contribution in [1.82, 2.24) is 10.3 Å². The van der Waals surface area contributed by atoms with Crippen LogP contribution in [0, 0.1) is 17.4 Å². The average Bonchev–Trinajstić information content (AvgIpc) is 2.74. The number of alkyl halides is 5. The number of rotatable bonds is 6. The number of hydrogen-bond donors (Lipinski definition) is 1. The monoisotopic (exact) mass is 610 g/mol. The quantitative estimate of drug-likeness (QED) is 0.181. The number of aromatic nitrogens is 1. The molecule has 0 atom stereocenters. The predicted molar refractivity (Wildman–Crippen MR) is 126 cm³/mol. The van der Waals surface area contributed by atoms with E-state index >= 15 is 0 Å². The van der Waals surface area contributed by atoms with Crippen LogP contribution in [0.15, 0.2) is 48.7 Å². The highest BCUT2D eigenvalue weighted by molar-refractivity contribution is 14.1. The Morgan fingerprint density at radius 2 is 1.82 bits per heavy atom. The number of amides is 1. The van der Waals surface area contributed by atoms with Gasteiger partial charge in [0.25, 0.3) is 11.8 Å². The number of pyridine rings is 1. The first-order valence-corrected chi connectivity index (χ1v) is 11.2. The van der Waals surface area contributed by atoms with Gasteiger partial charge in [-0.05, 0) is 60.2 Å². The number of benzene rings is 2. The maximum absolute atomic E-state index is 14.8. The lowest BCUT2D eigenvalue weighted by molar-refractivity contribution is -0.137. The highest BCUT2D eigenvalue weighted by Gasteiger charge is 2.35. The molecule has 11 heteroatoms. The van der Waals surface area contributed by atoms with Crippen LogP contribution in [-0.2, 0) is 12.1 Å². The highest BCUT2D eigenvalue weighted by Crippen LogP contribution is 2.36. The van der Waals surface area contributed by atoms with Crippen LogP contribution in [0.1, 0.15) is 32.6 Å². The van der Waals surface area contributed by atoms with Gasteiger partial charge < -0.3 is 10.1 Å². The summed E-state index contributed by atoms with van der Waals surface area (Å²) in [4.78, 5) is 16.7. The summed E-state index contributed by atoms with van der Waals surface area (Å²) < 4.78 is 74.2. The first-order valence-electron chi connectivity index (χ1n) is 9.72. The molecule has 1 heterocycles. The fourth-order valence-electron chi connectivity index (χ4n) is 3.20. The third-order valence-corrected chi connectivity index (χ3v) is 6.46. The molecule has 0 spiro atoms. The van der Waals surface area contributed by atoms with E-state index in [4.69, 9.17) is 16.3 Å². The molecule has 0 aliphatic heterocycles. The van der Waals surface area contributed by atoms with Gasteiger partial charge in [-0.3, -0.25) is 4.79 Å². The first-order chi connectivity index (χ1) is 15.8. The van der Waals surface area contributed by atoms with Crippen LogP contribution in [0.5, 0.6) is 11.5 Å². The maximum atomic E-state index is 14.8. The first kappa shape index (κ1) is 26.1. The molecule has 0 aliphatic carbocycles. The minimum atomic E-state index is -4.61. The van der Waals surface area contributed by atoms with E-state index in [0.29, 0.717) is 5.56 Å². The molecule has 2 aromatic carbocycles. The van der Waals surface area contributed by atoms with E-state index in [0.717, 1.165) is 30.0 Å². The maximum Gasteiger partial charge on any atom is 0.416 e. The second-order valence-electron chi connectivity index (χ2n) is 7.44. The number of ether oxygens (including phenoxy) is 1. The van der Waals surface area contributed by atoms with Gasteiger partial charge in [0, 0.05) is 5.56 Å². The van der Waals surface area contributed by atoms with Crippen LogP contribution in [0.2, 0.25) is 5.15 Å². The molecular formula is C23H17ClF5IN2O2. The molecule has 3 rings (SSSR count). The van der Waals surface area contributed by atoms with E-state index in [2.05, 4.69) is 10.3 Å². The summed E-state index contributed by atoms with van der Waals surface area (Å²) in [5.74, 6) is -4.78. The van der Waals surface area contributed by atoms with Crippen molar-refractivity contribution in [1.29, 1.82) is 0 Å². The summed E-state index contributed by atoms with van der Waals surface area (Å²) in [6.07, 6.45) is -3.56. The summed E-state index contributed by atoms with van der Waals surface area (Å²) in [5, 5.41) is 2.08. The van der Waals surface area contributed by atoms with Crippen LogP contribution < -0.4 is 10.1 Å². The Kier molecular flexibility index (Phi) is 7.71. The molecule has 0 bridgehead atoms. The topological polar surface area (TPSA) is 51.2 Å². The van der Waals surface area contributed by atoms with Crippen molar-refractivity contribution in [3.63, 3.8) is 0 Å². The Morgan fingerprint density at radius 3 is 2.47 bits per heavy atom. The lowest BCUT2D eigenvalue weighted by atomic mass is 10.00. The number of carbonyl (C=O) groups is 1. The van der Waals surface area contributed by atoms with Crippen LogP contribution in [-0.4, -0.2) is 17.4 Å². The Morgan fingerprint density at radius 1 is 1.12 bits per heavy atom. The van der Waals surface area contributed by atoms with Gasteiger partial charge in [0.15, 0.2) is 5.75 Å². The fraction of sp³-hybridized carbons (Fsp3) is 0.217. The number of carbonyl (C=O) groups excluding carboxylic acids is 1. The average molecular weight is 611 g/mol. The van der Waals surface area contributed by atoms with Crippen molar-refractivity contribution in [3.8, 4) is 11.5 Å². The van der Waals surface area contributed by atoms with Gasteiger partial charge in [-0.1, -0.05) is 41.4 Å². The van der Waals surface area contributed by atoms with Crippen molar-refractivity contribution in [2.45, 2.75) is 25.9 Å². The predicted octanol–water partition coefficient (Wildman–Crippen LogP) is 7.29. The molecule has 1 aromatic heterocycles.